The molecule has 9 heteroatoms. The lowest BCUT2D eigenvalue weighted by atomic mass is 10.2. The number of hydrogen-bond donors (Lipinski definition) is 1. The summed E-state index contributed by atoms with van der Waals surface area (Å²) in [5.74, 6) is -1.59. The van der Waals surface area contributed by atoms with Crippen LogP contribution in [-0.4, -0.2) is 61.5 Å². The quantitative estimate of drug-likeness (QED) is 0.748. The standard InChI is InChI=1S/C14H16BrNO6S/c1-16(10-4-5-23(20,21)8-10)13(18)7-22-14(19)11-6-9(15)2-3-12(11)17/h2-3,6,10,17H,4-5,7-8H2,1H3/t10-/m0/s1. The fraction of sp³-hybridized carbons (Fsp3) is 0.429. The zero-order chi connectivity index (χ0) is 17.2. The van der Waals surface area contributed by atoms with Gasteiger partial charge in [0.1, 0.15) is 11.3 Å². The van der Waals surface area contributed by atoms with Crippen molar-refractivity contribution >= 4 is 37.6 Å². The Morgan fingerprint density at radius 3 is 2.74 bits per heavy atom. The number of halogens is 1. The third-order valence-electron chi connectivity index (χ3n) is 3.65. The van der Waals surface area contributed by atoms with E-state index in [4.69, 9.17) is 4.74 Å². The summed E-state index contributed by atoms with van der Waals surface area (Å²) in [5.41, 5.74) is -0.0572. The fourth-order valence-electron chi connectivity index (χ4n) is 2.26. The predicted molar refractivity (Wildman–Crippen MR) is 85.9 cm³/mol. The van der Waals surface area contributed by atoms with Crippen LogP contribution in [0.15, 0.2) is 22.7 Å². The number of sulfone groups is 1. The van der Waals surface area contributed by atoms with Crippen LogP contribution in [0.1, 0.15) is 16.8 Å². The van der Waals surface area contributed by atoms with Crippen LogP contribution in [0.2, 0.25) is 0 Å². The molecule has 0 bridgehead atoms. The summed E-state index contributed by atoms with van der Waals surface area (Å²) in [6, 6.07) is 3.88. The maximum atomic E-state index is 12.0. The van der Waals surface area contributed by atoms with Crippen LogP contribution in [0.4, 0.5) is 0 Å². The number of phenols is 1. The van der Waals surface area contributed by atoms with Gasteiger partial charge in [-0.25, -0.2) is 13.2 Å². The van der Waals surface area contributed by atoms with Gasteiger partial charge in [-0.05, 0) is 24.6 Å². The van der Waals surface area contributed by atoms with Crippen molar-refractivity contribution in [3.8, 4) is 5.75 Å². The van der Waals surface area contributed by atoms with E-state index in [1.165, 1.54) is 24.1 Å². The second kappa shape index (κ2) is 6.88. The highest BCUT2D eigenvalue weighted by atomic mass is 79.9. The molecular formula is C14H16BrNO6S. The van der Waals surface area contributed by atoms with Crippen LogP contribution in [0.3, 0.4) is 0 Å². The Bertz CT molecular complexity index is 733. The first-order valence-electron chi connectivity index (χ1n) is 6.81. The third kappa shape index (κ3) is 4.44. The zero-order valence-corrected chi connectivity index (χ0v) is 14.8. The molecule has 1 aromatic carbocycles. The number of benzene rings is 1. The summed E-state index contributed by atoms with van der Waals surface area (Å²) in [5, 5.41) is 9.63. The summed E-state index contributed by atoms with van der Waals surface area (Å²) in [4.78, 5) is 25.2. The molecule has 0 radical (unpaired) electrons. The van der Waals surface area contributed by atoms with E-state index in [-0.39, 0.29) is 22.8 Å². The first-order valence-corrected chi connectivity index (χ1v) is 9.43. The molecule has 0 aromatic heterocycles. The lowest BCUT2D eigenvalue weighted by Gasteiger charge is -2.23. The van der Waals surface area contributed by atoms with E-state index in [0.717, 1.165) is 0 Å². The van der Waals surface area contributed by atoms with Crippen LogP contribution < -0.4 is 0 Å². The molecule has 7 nitrogen and oxygen atoms in total. The average Bonchev–Trinajstić information content (AvgIpc) is 2.86. The first kappa shape index (κ1) is 17.7. The topological polar surface area (TPSA) is 101 Å². The number of hydrogen-bond acceptors (Lipinski definition) is 6. The minimum absolute atomic E-state index is 0.0565. The lowest BCUT2D eigenvalue weighted by Crippen LogP contribution is -2.40. The highest BCUT2D eigenvalue weighted by molar-refractivity contribution is 9.10. The average molecular weight is 406 g/mol. The molecule has 1 heterocycles. The molecule has 0 aliphatic carbocycles. The van der Waals surface area contributed by atoms with Gasteiger partial charge >= 0.3 is 5.97 Å². The van der Waals surface area contributed by atoms with Crippen molar-refractivity contribution in [2.45, 2.75) is 12.5 Å². The number of carbonyl (C=O) groups is 2. The number of rotatable bonds is 4. The third-order valence-corrected chi connectivity index (χ3v) is 5.90. The normalized spacial score (nSPS) is 19.3. The SMILES string of the molecule is CN(C(=O)COC(=O)c1cc(Br)ccc1O)[C@H]1CCS(=O)(=O)C1. The van der Waals surface area contributed by atoms with Crippen LogP contribution >= 0.6 is 15.9 Å². The van der Waals surface area contributed by atoms with Crippen molar-refractivity contribution in [3.63, 3.8) is 0 Å². The number of carbonyl (C=O) groups excluding carboxylic acids is 2. The molecular weight excluding hydrogens is 390 g/mol. The molecule has 1 atom stereocenters. The molecule has 0 spiro atoms. The Morgan fingerprint density at radius 2 is 2.13 bits per heavy atom. The summed E-state index contributed by atoms with van der Waals surface area (Å²) in [7, 11) is -1.61. The number of likely N-dealkylation sites (N-methyl/N-ethyl adjacent to an activating group) is 1. The minimum atomic E-state index is -3.10. The van der Waals surface area contributed by atoms with Crippen molar-refractivity contribution in [3.05, 3.63) is 28.2 Å². The Morgan fingerprint density at radius 1 is 1.43 bits per heavy atom. The van der Waals surface area contributed by atoms with Gasteiger partial charge in [0.2, 0.25) is 0 Å². The van der Waals surface area contributed by atoms with Gasteiger partial charge in [0, 0.05) is 17.6 Å². The van der Waals surface area contributed by atoms with Crippen molar-refractivity contribution < 1.29 is 27.9 Å². The molecule has 1 aliphatic rings. The Labute approximate surface area is 142 Å². The molecule has 1 amide bonds. The molecule has 0 unspecified atom stereocenters. The van der Waals surface area contributed by atoms with Gasteiger partial charge in [0.05, 0.1) is 11.5 Å². The number of aromatic hydroxyl groups is 1. The Kier molecular flexibility index (Phi) is 5.30. The smallest absolute Gasteiger partial charge is 0.342 e. The van der Waals surface area contributed by atoms with Gasteiger partial charge in [-0.1, -0.05) is 15.9 Å². The minimum Gasteiger partial charge on any atom is -0.507 e. The molecule has 2 rings (SSSR count). The second-order valence-electron chi connectivity index (χ2n) is 5.30. The van der Waals surface area contributed by atoms with E-state index < -0.39 is 34.4 Å². The molecule has 1 aromatic rings. The first-order chi connectivity index (χ1) is 10.7. The predicted octanol–water partition coefficient (Wildman–Crippen LogP) is 0.957. The maximum Gasteiger partial charge on any atom is 0.342 e. The van der Waals surface area contributed by atoms with Crippen LogP contribution in [0, 0.1) is 0 Å². The monoisotopic (exact) mass is 405 g/mol. The van der Waals surface area contributed by atoms with Gasteiger partial charge < -0.3 is 14.7 Å². The van der Waals surface area contributed by atoms with Crippen LogP contribution in [0.5, 0.6) is 5.75 Å². The van der Waals surface area contributed by atoms with E-state index in [0.29, 0.717) is 10.9 Å². The number of phenolic OH excluding ortho intramolecular Hbond substituents is 1. The van der Waals surface area contributed by atoms with Gasteiger partial charge in [-0.15, -0.1) is 0 Å². The van der Waals surface area contributed by atoms with Gasteiger partial charge in [0.25, 0.3) is 5.91 Å². The Hall–Kier alpha value is -1.61. The van der Waals surface area contributed by atoms with Gasteiger partial charge in [0.15, 0.2) is 16.4 Å². The highest BCUT2D eigenvalue weighted by Crippen LogP contribution is 2.22. The summed E-state index contributed by atoms with van der Waals surface area (Å²) in [6.07, 6.45) is 0.380. The summed E-state index contributed by atoms with van der Waals surface area (Å²) in [6.45, 7) is -0.516. The highest BCUT2D eigenvalue weighted by Gasteiger charge is 2.33. The zero-order valence-electron chi connectivity index (χ0n) is 12.4. The summed E-state index contributed by atoms with van der Waals surface area (Å²) >= 11 is 3.17. The van der Waals surface area contributed by atoms with Crippen LogP contribution in [0.25, 0.3) is 0 Å². The van der Waals surface area contributed by atoms with E-state index in [2.05, 4.69) is 15.9 Å². The molecule has 1 fully saturated rings. The largest absolute Gasteiger partial charge is 0.507 e. The molecule has 23 heavy (non-hydrogen) atoms. The van der Waals surface area contributed by atoms with Crippen molar-refractivity contribution in [2.24, 2.45) is 0 Å². The van der Waals surface area contributed by atoms with Crippen LogP contribution in [-0.2, 0) is 19.4 Å². The maximum absolute atomic E-state index is 12.0. The fourth-order valence-corrected chi connectivity index (χ4v) is 4.40. The van der Waals surface area contributed by atoms with Gasteiger partial charge in [-0.3, -0.25) is 4.79 Å². The molecule has 1 aliphatic heterocycles. The molecule has 1 N–H and O–H groups in total. The van der Waals surface area contributed by atoms with Crippen molar-refractivity contribution in [1.82, 2.24) is 4.90 Å². The second-order valence-corrected chi connectivity index (χ2v) is 8.44. The van der Waals surface area contributed by atoms with E-state index >= 15 is 0 Å². The van der Waals surface area contributed by atoms with E-state index in [1.807, 2.05) is 0 Å². The number of amides is 1. The Balaban J connectivity index is 1.93. The van der Waals surface area contributed by atoms with E-state index in [9.17, 15) is 23.1 Å². The van der Waals surface area contributed by atoms with Crippen molar-refractivity contribution in [2.75, 3.05) is 25.2 Å². The molecule has 1 saturated heterocycles. The van der Waals surface area contributed by atoms with Gasteiger partial charge in [-0.2, -0.15) is 0 Å². The number of ether oxygens (including phenoxy) is 1. The molecule has 0 saturated carbocycles. The number of esters is 1. The van der Waals surface area contributed by atoms with E-state index in [1.54, 1.807) is 6.07 Å². The van der Waals surface area contributed by atoms with Crippen molar-refractivity contribution in [1.29, 1.82) is 0 Å². The lowest BCUT2D eigenvalue weighted by molar-refractivity contribution is -0.134. The number of nitrogens with zero attached hydrogens (tertiary/aromatic N) is 1. The summed E-state index contributed by atoms with van der Waals surface area (Å²) < 4.78 is 28.3. The molecule has 126 valence electrons.